The summed E-state index contributed by atoms with van der Waals surface area (Å²) in [5, 5.41) is 14.4. The number of fused-ring (bicyclic) bond motifs is 1. The first kappa shape index (κ1) is 30.7. The molecule has 1 fully saturated rings. The van der Waals surface area contributed by atoms with Gasteiger partial charge in [0.15, 0.2) is 0 Å². The Labute approximate surface area is 268 Å². The van der Waals surface area contributed by atoms with Gasteiger partial charge in [0, 0.05) is 66.5 Å². The Balaban J connectivity index is 1.25. The van der Waals surface area contributed by atoms with E-state index >= 15 is 0 Å². The highest BCUT2D eigenvalue weighted by molar-refractivity contribution is 7.91. The van der Waals surface area contributed by atoms with E-state index in [0.29, 0.717) is 26.9 Å². The number of rotatable bonds is 8. The smallest absolute Gasteiger partial charge is 0.292 e. The van der Waals surface area contributed by atoms with Gasteiger partial charge in [0.1, 0.15) is 4.21 Å². The van der Waals surface area contributed by atoms with Crippen molar-refractivity contribution in [1.82, 2.24) is 29.2 Å². The Morgan fingerprint density at radius 3 is 2.47 bits per heavy atom. The molecule has 230 valence electrons. The van der Waals surface area contributed by atoms with Crippen LogP contribution in [0.1, 0.15) is 22.6 Å². The minimum Gasteiger partial charge on any atom is -0.756 e. The number of thiophene rings is 1. The first-order valence-corrected chi connectivity index (χ1v) is 16.6. The molecule has 3 aromatic heterocycles. The van der Waals surface area contributed by atoms with Gasteiger partial charge < -0.3 is 15.2 Å². The molecule has 11 nitrogen and oxygen atoms in total. The first-order chi connectivity index (χ1) is 21.7. The van der Waals surface area contributed by atoms with Gasteiger partial charge in [-0.05, 0) is 41.3 Å². The maximum Gasteiger partial charge on any atom is 0.292 e. The highest BCUT2D eigenvalue weighted by atomic mass is 35.5. The predicted molar refractivity (Wildman–Crippen MR) is 171 cm³/mol. The van der Waals surface area contributed by atoms with Gasteiger partial charge in [-0.2, -0.15) is 4.31 Å². The normalized spacial score (nSPS) is 15.7. The molecule has 1 aliphatic heterocycles. The van der Waals surface area contributed by atoms with E-state index in [-0.39, 0.29) is 42.6 Å². The van der Waals surface area contributed by atoms with E-state index in [9.17, 15) is 23.2 Å². The van der Waals surface area contributed by atoms with Gasteiger partial charge in [-0.25, -0.2) is 18.4 Å². The van der Waals surface area contributed by atoms with Crippen molar-refractivity contribution >= 4 is 54.9 Å². The number of halogens is 1. The van der Waals surface area contributed by atoms with Crippen molar-refractivity contribution in [3.05, 3.63) is 113 Å². The van der Waals surface area contributed by atoms with Crippen LogP contribution in [0.5, 0.6) is 0 Å². The summed E-state index contributed by atoms with van der Waals surface area (Å²) in [6, 6.07) is 20.0. The Morgan fingerprint density at radius 2 is 1.73 bits per heavy atom. The molecular weight excluding hydrogens is 636 g/mol. The van der Waals surface area contributed by atoms with Gasteiger partial charge in [-0.1, -0.05) is 54.1 Å². The second-order valence-electron chi connectivity index (χ2n) is 10.4. The number of benzene rings is 2. The van der Waals surface area contributed by atoms with Crippen LogP contribution in [-0.2, 0) is 21.4 Å². The lowest BCUT2D eigenvalue weighted by Crippen LogP contribution is -2.57. The van der Waals surface area contributed by atoms with Crippen molar-refractivity contribution in [1.29, 1.82) is 0 Å². The number of carbonyl (C=O) groups excluding carboxylic acids is 2. The van der Waals surface area contributed by atoms with E-state index in [1.165, 1.54) is 21.6 Å². The van der Waals surface area contributed by atoms with Crippen molar-refractivity contribution < 1.29 is 18.0 Å². The summed E-state index contributed by atoms with van der Waals surface area (Å²) in [4.78, 5) is 41.0. The molecule has 1 saturated heterocycles. The molecule has 5 aromatic rings. The Hall–Kier alpha value is -4.27. The van der Waals surface area contributed by atoms with Crippen molar-refractivity contribution in [2.24, 2.45) is 0 Å². The third-order valence-electron chi connectivity index (χ3n) is 7.42. The maximum absolute atomic E-state index is 13.8. The molecule has 2 amide bonds. The van der Waals surface area contributed by atoms with Crippen LogP contribution in [0.15, 0.2) is 95.6 Å². The fraction of sp³-hybridized carbons (Fsp3) is 0.194. The third-order valence-corrected chi connectivity index (χ3v) is 11.1. The van der Waals surface area contributed by atoms with Crippen molar-refractivity contribution in [3.63, 3.8) is 0 Å². The van der Waals surface area contributed by atoms with Crippen LogP contribution >= 0.6 is 22.9 Å². The molecule has 0 aliphatic carbocycles. The zero-order valence-corrected chi connectivity index (χ0v) is 26.1. The summed E-state index contributed by atoms with van der Waals surface area (Å²) in [5.74, 6) is -1.47. The minimum absolute atomic E-state index is 0.0229. The molecule has 4 heterocycles. The predicted octanol–water partition coefficient (Wildman–Crippen LogP) is 4.84. The SMILES string of the molecule is O=C(CC1CN(S(=O)(=O)c2cc3ccc(Cl)cc3s2)CCN1C(=O)c1ncc(-c2ccccn2)cn1)N([O-])Cc1ccccc1. The molecule has 6 rings (SSSR count). The average Bonchev–Trinajstić information content (AvgIpc) is 3.50. The Kier molecular flexibility index (Phi) is 8.88. The number of piperazine rings is 1. The minimum atomic E-state index is -3.99. The van der Waals surface area contributed by atoms with E-state index in [2.05, 4.69) is 15.0 Å². The van der Waals surface area contributed by atoms with Crippen LogP contribution in [0, 0.1) is 5.21 Å². The van der Waals surface area contributed by atoms with Crippen LogP contribution in [0.25, 0.3) is 21.3 Å². The second kappa shape index (κ2) is 13.0. The average molecular weight is 662 g/mol. The quantitative estimate of drug-likeness (QED) is 0.215. The summed E-state index contributed by atoms with van der Waals surface area (Å²) >= 11 is 7.20. The fourth-order valence-corrected chi connectivity index (χ4v) is 8.39. The molecule has 1 aliphatic rings. The second-order valence-corrected chi connectivity index (χ2v) is 14.1. The van der Waals surface area contributed by atoms with Gasteiger partial charge >= 0.3 is 0 Å². The lowest BCUT2D eigenvalue weighted by molar-refractivity contribution is -0.130. The van der Waals surface area contributed by atoms with Gasteiger partial charge in [-0.15, -0.1) is 11.3 Å². The van der Waals surface area contributed by atoms with E-state index in [1.54, 1.807) is 72.9 Å². The monoisotopic (exact) mass is 661 g/mol. The van der Waals surface area contributed by atoms with E-state index in [1.807, 2.05) is 6.07 Å². The number of hydrogen-bond donors (Lipinski definition) is 0. The first-order valence-electron chi connectivity index (χ1n) is 13.9. The lowest BCUT2D eigenvalue weighted by atomic mass is 10.1. The summed E-state index contributed by atoms with van der Waals surface area (Å²) in [6.45, 7) is -0.425. The van der Waals surface area contributed by atoms with Crippen molar-refractivity contribution in [2.45, 2.75) is 23.2 Å². The zero-order valence-electron chi connectivity index (χ0n) is 23.7. The molecule has 0 spiro atoms. The fourth-order valence-electron chi connectivity index (χ4n) is 5.10. The third kappa shape index (κ3) is 6.72. The molecule has 0 radical (unpaired) electrons. The van der Waals surface area contributed by atoms with Crippen LogP contribution in [0.4, 0.5) is 0 Å². The van der Waals surface area contributed by atoms with E-state index < -0.39 is 27.9 Å². The lowest BCUT2D eigenvalue weighted by Gasteiger charge is -2.41. The molecule has 0 N–H and O–H groups in total. The van der Waals surface area contributed by atoms with E-state index in [0.717, 1.165) is 21.4 Å². The Bertz CT molecular complexity index is 1940. The van der Waals surface area contributed by atoms with E-state index in [4.69, 9.17) is 11.6 Å². The van der Waals surface area contributed by atoms with Crippen molar-refractivity contribution in [2.75, 3.05) is 19.6 Å². The molecule has 0 saturated carbocycles. The summed E-state index contributed by atoms with van der Waals surface area (Å²) < 4.78 is 29.6. The highest BCUT2D eigenvalue weighted by Gasteiger charge is 2.39. The number of nitrogens with zero attached hydrogens (tertiary/aromatic N) is 6. The molecule has 0 bridgehead atoms. The standard InChI is InChI=1S/C31H26ClN6O5S2/c32-24-10-9-22-14-29(44-27(22)15-24)45(42,43)36-12-13-37(25(20-36)16-28(39)38(41)19-21-6-2-1-3-7-21)31(40)30-34-17-23(18-35-30)26-8-4-5-11-33-26/h1-11,14-15,17-18,25H,12-13,16,19-20H2/q-1. The zero-order chi connectivity index (χ0) is 31.6. The molecule has 1 atom stereocenters. The largest absolute Gasteiger partial charge is 0.756 e. The van der Waals surface area contributed by atoms with Gasteiger partial charge in [-0.3, -0.25) is 14.6 Å². The maximum atomic E-state index is 13.8. The van der Waals surface area contributed by atoms with Crippen LogP contribution in [0.2, 0.25) is 5.02 Å². The van der Waals surface area contributed by atoms with Crippen molar-refractivity contribution in [3.8, 4) is 11.3 Å². The van der Waals surface area contributed by atoms with Crippen LogP contribution in [-0.4, -0.2) is 75.1 Å². The summed E-state index contributed by atoms with van der Waals surface area (Å²) in [5.41, 5.74) is 1.89. The summed E-state index contributed by atoms with van der Waals surface area (Å²) in [6.07, 6.45) is 4.21. The number of sulfonamides is 1. The summed E-state index contributed by atoms with van der Waals surface area (Å²) in [7, 11) is -3.99. The number of aromatic nitrogens is 3. The van der Waals surface area contributed by atoms with Gasteiger partial charge in [0.25, 0.3) is 15.9 Å². The molecule has 1 unspecified atom stereocenters. The molecule has 45 heavy (non-hydrogen) atoms. The number of carbonyl (C=O) groups is 2. The number of hydroxylamine groups is 2. The number of pyridine rings is 1. The van der Waals surface area contributed by atoms with Gasteiger partial charge in [0.2, 0.25) is 11.7 Å². The number of hydrogen-bond acceptors (Lipinski definition) is 9. The molecule has 14 heteroatoms. The number of amides is 2. The van der Waals surface area contributed by atoms with Crippen LogP contribution < -0.4 is 0 Å². The van der Waals surface area contributed by atoms with Crippen LogP contribution in [0.3, 0.4) is 0 Å². The molecule has 2 aromatic carbocycles. The topological polar surface area (TPSA) is 140 Å². The van der Waals surface area contributed by atoms with Gasteiger partial charge in [0.05, 0.1) is 11.7 Å². The Morgan fingerprint density at radius 1 is 0.978 bits per heavy atom. The molecular formula is C31H26ClN6O5S2-. The highest BCUT2D eigenvalue weighted by Crippen LogP contribution is 2.34.